The van der Waals surface area contributed by atoms with Crippen LogP contribution in [0.5, 0.6) is 10.9 Å². The standard InChI is InChI=1S/C10H3BrClFN2O5S/c11-3-1-5(15(18)19)6(2-4(3)13)20-10-14-8(12)7(21-10)9(16)17/h1-2H,(H,16,17). The van der Waals surface area contributed by atoms with Gasteiger partial charge in [-0.15, -0.1) is 0 Å². The van der Waals surface area contributed by atoms with E-state index < -0.39 is 28.1 Å². The van der Waals surface area contributed by atoms with Crippen molar-refractivity contribution < 1.29 is 24.0 Å². The van der Waals surface area contributed by atoms with Crippen LogP contribution in [0.15, 0.2) is 16.6 Å². The monoisotopic (exact) mass is 396 g/mol. The molecule has 0 unspecified atom stereocenters. The second kappa shape index (κ2) is 5.92. The number of thiazole rings is 1. The molecule has 0 bridgehead atoms. The number of carbonyl (C=O) groups is 1. The lowest BCUT2D eigenvalue weighted by Gasteiger charge is -2.04. The third-order valence-electron chi connectivity index (χ3n) is 2.16. The SMILES string of the molecule is O=C(O)c1sc(Oc2cc(F)c(Br)cc2[N+](=O)[O-])nc1Cl. The number of hydrogen-bond donors (Lipinski definition) is 1. The van der Waals surface area contributed by atoms with Gasteiger partial charge in [0.25, 0.3) is 5.19 Å². The number of rotatable bonds is 4. The van der Waals surface area contributed by atoms with E-state index >= 15 is 0 Å². The van der Waals surface area contributed by atoms with Gasteiger partial charge in [0.2, 0.25) is 5.75 Å². The maximum atomic E-state index is 13.5. The van der Waals surface area contributed by atoms with Crippen LogP contribution in [-0.2, 0) is 0 Å². The maximum absolute atomic E-state index is 13.5. The fraction of sp³-hybridized carbons (Fsp3) is 0. The lowest BCUT2D eigenvalue weighted by molar-refractivity contribution is -0.385. The molecule has 0 fully saturated rings. The molecule has 1 aromatic heterocycles. The first-order chi connectivity index (χ1) is 9.79. The Labute approximate surface area is 133 Å². The second-order valence-electron chi connectivity index (χ2n) is 3.50. The summed E-state index contributed by atoms with van der Waals surface area (Å²) in [5.41, 5.74) is -0.508. The average molecular weight is 398 g/mol. The Morgan fingerprint density at radius 2 is 2.24 bits per heavy atom. The van der Waals surface area contributed by atoms with E-state index in [1.165, 1.54) is 0 Å². The number of hydrogen-bond acceptors (Lipinski definition) is 6. The van der Waals surface area contributed by atoms with Gasteiger partial charge in [-0.1, -0.05) is 22.9 Å². The lowest BCUT2D eigenvalue weighted by atomic mass is 10.3. The van der Waals surface area contributed by atoms with Crippen LogP contribution in [0, 0.1) is 15.9 Å². The number of carboxylic acid groups (broad SMARTS) is 1. The highest BCUT2D eigenvalue weighted by molar-refractivity contribution is 9.10. The van der Waals surface area contributed by atoms with Gasteiger partial charge in [0.05, 0.1) is 9.40 Å². The van der Waals surface area contributed by atoms with E-state index in [0.29, 0.717) is 11.3 Å². The van der Waals surface area contributed by atoms with Crippen molar-refractivity contribution in [3.8, 4) is 10.9 Å². The molecule has 0 aliphatic carbocycles. The van der Waals surface area contributed by atoms with Crippen LogP contribution in [0.25, 0.3) is 0 Å². The van der Waals surface area contributed by atoms with Gasteiger partial charge >= 0.3 is 11.7 Å². The van der Waals surface area contributed by atoms with Crippen LogP contribution in [0.4, 0.5) is 10.1 Å². The molecule has 1 N–H and O–H groups in total. The molecule has 0 spiro atoms. The zero-order chi connectivity index (χ0) is 15.7. The van der Waals surface area contributed by atoms with Crippen LogP contribution in [0.2, 0.25) is 5.15 Å². The summed E-state index contributed by atoms with van der Waals surface area (Å²) in [4.78, 5) is 24.3. The molecule has 0 aliphatic heterocycles. The number of benzene rings is 1. The number of aromatic carboxylic acids is 1. The van der Waals surface area contributed by atoms with Crippen LogP contribution in [-0.4, -0.2) is 21.0 Å². The number of nitro benzene ring substituents is 1. The summed E-state index contributed by atoms with van der Waals surface area (Å²) >= 11 is 8.98. The fourth-order valence-corrected chi connectivity index (χ4v) is 2.61. The maximum Gasteiger partial charge on any atom is 0.349 e. The van der Waals surface area contributed by atoms with Crippen LogP contribution < -0.4 is 4.74 Å². The van der Waals surface area contributed by atoms with Crippen molar-refractivity contribution in [2.45, 2.75) is 0 Å². The van der Waals surface area contributed by atoms with E-state index in [4.69, 9.17) is 21.4 Å². The molecule has 2 rings (SSSR count). The predicted octanol–water partition coefficient (Wildman–Crippen LogP) is 4.10. The van der Waals surface area contributed by atoms with Crippen LogP contribution in [0.3, 0.4) is 0 Å². The largest absolute Gasteiger partial charge is 0.477 e. The molecule has 7 nitrogen and oxygen atoms in total. The van der Waals surface area contributed by atoms with Gasteiger partial charge in [-0.3, -0.25) is 10.1 Å². The summed E-state index contributed by atoms with van der Waals surface area (Å²) in [5.74, 6) is -2.51. The van der Waals surface area contributed by atoms with E-state index in [-0.39, 0.29) is 19.7 Å². The zero-order valence-corrected chi connectivity index (χ0v) is 12.8. The van der Waals surface area contributed by atoms with E-state index in [0.717, 1.165) is 12.1 Å². The Hall–Kier alpha value is -1.78. The Morgan fingerprint density at radius 3 is 2.76 bits per heavy atom. The summed E-state index contributed by atoms with van der Waals surface area (Å²) < 4.78 is 18.4. The molecule has 2 aromatic rings. The molecule has 21 heavy (non-hydrogen) atoms. The summed E-state index contributed by atoms with van der Waals surface area (Å²) in [5, 5.41) is 19.2. The van der Waals surface area contributed by atoms with Gasteiger partial charge in [-0.05, 0) is 15.9 Å². The third-order valence-corrected chi connectivity index (χ3v) is 4.07. The lowest BCUT2D eigenvalue weighted by Crippen LogP contribution is -1.95. The highest BCUT2D eigenvalue weighted by Crippen LogP contribution is 2.38. The van der Waals surface area contributed by atoms with Gasteiger partial charge in [0.15, 0.2) is 10.0 Å². The molecule has 0 atom stereocenters. The minimum absolute atomic E-state index is 0.107. The first kappa shape index (κ1) is 15.6. The van der Waals surface area contributed by atoms with Crippen molar-refractivity contribution in [2.24, 2.45) is 0 Å². The molecule has 0 saturated carbocycles. The molecule has 1 aromatic carbocycles. The van der Waals surface area contributed by atoms with Crippen molar-refractivity contribution >= 4 is 50.5 Å². The van der Waals surface area contributed by atoms with E-state index in [2.05, 4.69) is 20.9 Å². The average Bonchev–Trinajstić information content (AvgIpc) is 2.74. The van der Waals surface area contributed by atoms with Crippen molar-refractivity contribution in [3.63, 3.8) is 0 Å². The Kier molecular flexibility index (Phi) is 4.40. The van der Waals surface area contributed by atoms with Gasteiger partial charge in [-0.2, -0.15) is 4.98 Å². The van der Waals surface area contributed by atoms with Crippen molar-refractivity contribution in [1.29, 1.82) is 0 Å². The quantitative estimate of drug-likeness (QED) is 0.615. The highest BCUT2D eigenvalue weighted by Gasteiger charge is 2.23. The number of nitrogens with zero attached hydrogens (tertiary/aromatic N) is 2. The number of nitro groups is 1. The molecule has 110 valence electrons. The summed E-state index contributed by atoms with van der Waals surface area (Å²) in [6.07, 6.45) is 0. The third kappa shape index (κ3) is 3.28. The molecular weight excluding hydrogens is 395 g/mol. The van der Waals surface area contributed by atoms with Gasteiger partial charge in [0, 0.05) is 12.1 Å². The Bertz CT molecular complexity index is 753. The minimum Gasteiger partial charge on any atom is -0.477 e. The van der Waals surface area contributed by atoms with E-state index in [1.807, 2.05) is 0 Å². The number of aromatic nitrogens is 1. The highest BCUT2D eigenvalue weighted by atomic mass is 79.9. The van der Waals surface area contributed by atoms with Crippen molar-refractivity contribution in [1.82, 2.24) is 4.98 Å². The van der Waals surface area contributed by atoms with Crippen LogP contribution in [0.1, 0.15) is 9.67 Å². The van der Waals surface area contributed by atoms with Gasteiger partial charge in [0.1, 0.15) is 5.82 Å². The Balaban J connectivity index is 2.44. The molecule has 0 radical (unpaired) electrons. The van der Waals surface area contributed by atoms with Gasteiger partial charge in [-0.25, -0.2) is 9.18 Å². The molecule has 0 aliphatic rings. The number of ether oxygens (including phenoxy) is 1. The zero-order valence-electron chi connectivity index (χ0n) is 9.67. The normalized spacial score (nSPS) is 10.4. The smallest absolute Gasteiger partial charge is 0.349 e. The van der Waals surface area contributed by atoms with E-state index in [1.54, 1.807) is 0 Å². The predicted molar refractivity (Wildman–Crippen MR) is 74.9 cm³/mol. The van der Waals surface area contributed by atoms with Crippen molar-refractivity contribution in [2.75, 3.05) is 0 Å². The summed E-state index contributed by atoms with van der Waals surface area (Å²) in [6.45, 7) is 0. The van der Waals surface area contributed by atoms with Gasteiger partial charge < -0.3 is 9.84 Å². The molecular formula is C10H3BrClFN2O5S. The van der Waals surface area contributed by atoms with Crippen LogP contribution >= 0.6 is 38.9 Å². The summed E-state index contributed by atoms with van der Waals surface area (Å²) in [7, 11) is 0. The topological polar surface area (TPSA) is 103 Å². The molecule has 0 saturated heterocycles. The Morgan fingerprint density at radius 1 is 1.57 bits per heavy atom. The fourth-order valence-electron chi connectivity index (χ4n) is 1.30. The first-order valence-electron chi connectivity index (χ1n) is 5.00. The minimum atomic E-state index is -1.32. The molecule has 0 amide bonds. The first-order valence-corrected chi connectivity index (χ1v) is 6.99. The van der Waals surface area contributed by atoms with E-state index in [9.17, 15) is 19.3 Å². The number of carboxylic acids is 1. The molecule has 1 heterocycles. The number of halogens is 3. The summed E-state index contributed by atoms with van der Waals surface area (Å²) in [6, 6.07) is 1.72. The molecule has 11 heteroatoms. The van der Waals surface area contributed by atoms with Crippen molar-refractivity contribution in [3.05, 3.63) is 42.6 Å². The second-order valence-corrected chi connectivity index (χ2v) is 5.67.